The van der Waals surface area contributed by atoms with Gasteiger partial charge in [0.05, 0.1) is 11.5 Å². The number of rotatable bonds is 5. The maximum absolute atomic E-state index is 11.0. The maximum atomic E-state index is 11.0. The number of carboxylic acid groups (broad SMARTS) is 1. The van der Waals surface area contributed by atoms with Crippen molar-refractivity contribution in [2.45, 2.75) is 39.2 Å². The fraction of sp³-hybridized carbons (Fsp3) is 0.917. The van der Waals surface area contributed by atoms with Crippen molar-refractivity contribution < 1.29 is 14.6 Å². The van der Waals surface area contributed by atoms with Gasteiger partial charge in [-0.15, -0.1) is 0 Å². The Bertz CT molecular complexity index is 232. The molecule has 1 saturated heterocycles. The third-order valence-electron chi connectivity index (χ3n) is 3.50. The normalized spacial score (nSPS) is 19.9. The van der Waals surface area contributed by atoms with Crippen LogP contribution in [0.15, 0.2) is 0 Å². The van der Waals surface area contributed by atoms with Crippen LogP contribution in [0.25, 0.3) is 0 Å². The highest BCUT2D eigenvalue weighted by molar-refractivity contribution is 5.73. The summed E-state index contributed by atoms with van der Waals surface area (Å²) in [5.41, 5.74) is -0.613. The van der Waals surface area contributed by atoms with E-state index in [0.29, 0.717) is 12.5 Å². The Morgan fingerprint density at radius 2 is 2.00 bits per heavy atom. The molecule has 1 N–H and O–H groups in total. The average Bonchev–Trinajstić information content (AvgIpc) is 2.27. The Balaban J connectivity index is 2.27. The van der Waals surface area contributed by atoms with E-state index in [4.69, 9.17) is 9.84 Å². The molecule has 0 spiro atoms. The Kier molecular flexibility index (Phi) is 4.74. The molecule has 0 radical (unpaired) electrons. The lowest BCUT2D eigenvalue weighted by Crippen LogP contribution is -2.39. The van der Waals surface area contributed by atoms with Crippen molar-refractivity contribution in [2.24, 2.45) is 5.41 Å². The minimum Gasteiger partial charge on any atom is -0.481 e. The Labute approximate surface area is 97.6 Å². The number of ether oxygens (including phenoxy) is 1. The molecule has 1 aliphatic rings. The Hall–Kier alpha value is -0.610. The number of aliphatic carboxylic acids is 1. The minimum atomic E-state index is -0.709. The number of piperidine rings is 1. The quantitative estimate of drug-likeness (QED) is 0.778. The number of hydrogen-bond acceptors (Lipinski definition) is 3. The van der Waals surface area contributed by atoms with Crippen LogP contribution in [0, 0.1) is 5.41 Å². The molecule has 0 aromatic rings. The molecule has 0 unspecified atom stereocenters. The van der Waals surface area contributed by atoms with Gasteiger partial charge in [-0.2, -0.15) is 0 Å². The van der Waals surface area contributed by atoms with Gasteiger partial charge in [-0.1, -0.05) is 0 Å². The van der Waals surface area contributed by atoms with Gasteiger partial charge in [0.15, 0.2) is 0 Å². The highest BCUT2D eigenvalue weighted by atomic mass is 16.5. The molecule has 0 aliphatic carbocycles. The van der Waals surface area contributed by atoms with Gasteiger partial charge in [-0.25, -0.2) is 0 Å². The number of carboxylic acids is 1. The van der Waals surface area contributed by atoms with E-state index in [1.54, 1.807) is 21.0 Å². The van der Waals surface area contributed by atoms with Gasteiger partial charge in [0.25, 0.3) is 0 Å². The van der Waals surface area contributed by atoms with Crippen molar-refractivity contribution >= 4 is 5.97 Å². The molecule has 1 heterocycles. The number of methoxy groups -OCH3 is 1. The van der Waals surface area contributed by atoms with Gasteiger partial charge < -0.3 is 14.7 Å². The first kappa shape index (κ1) is 13.5. The van der Waals surface area contributed by atoms with Crippen molar-refractivity contribution in [1.29, 1.82) is 0 Å². The third kappa shape index (κ3) is 3.76. The first-order valence-electron chi connectivity index (χ1n) is 5.94. The van der Waals surface area contributed by atoms with Gasteiger partial charge in [0, 0.05) is 20.2 Å². The highest BCUT2D eigenvalue weighted by Crippen LogP contribution is 2.22. The summed E-state index contributed by atoms with van der Waals surface area (Å²) in [6.45, 7) is 6.49. The van der Waals surface area contributed by atoms with Gasteiger partial charge in [0.1, 0.15) is 0 Å². The van der Waals surface area contributed by atoms with E-state index in [9.17, 15) is 4.79 Å². The zero-order chi connectivity index (χ0) is 12.2. The van der Waals surface area contributed by atoms with Gasteiger partial charge in [-0.3, -0.25) is 4.79 Å². The van der Waals surface area contributed by atoms with Crippen molar-refractivity contribution in [1.82, 2.24) is 4.90 Å². The summed E-state index contributed by atoms with van der Waals surface area (Å²) in [6.07, 6.45) is 3.22. The average molecular weight is 229 g/mol. The second-order valence-corrected chi connectivity index (χ2v) is 5.22. The van der Waals surface area contributed by atoms with Gasteiger partial charge >= 0.3 is 5.97 Å². The molecule has 0 saturated carbocycles. The van der Waals surface area contributed by atoms with Crippen molar-refractivity contribution in [3.63, 3.8) is 0 Å². The molecule has 1 rings (SSSR count). The second kappa shape index (κ2) is 5.64. The molecular formula is C12H23NO3. The van der Waals surface area contributed by atoms with E-state index in [2.05, 4.69) is 4.90 Å². The molecule has 0 aromatic heterocycles. The molecule has 16 heavy (non-hydrogen) atoms. The summed E-state index contributed by atoms with van der Waals surface area (Å²) in [5.74, 6) is -0.709. The molecule has 1 aliphatic heterocycles. The van der Waals surface area contributed by atoms with Crippen LogP contribution >= 0.6 is 0 Å². The monoisotopic (exact) mass is 229 g/mol. The second-order valence-electron chi connectivity index (χ2n) is 5.22. The molecule has 4 heteroatoms. The standard InChI is InChI=1S/C12H23NO3/c1-12(2,11(14)15)6-9-13-7-4-10(16-3)5-8-13/h10H,4-9H2,1-3H3,(H,14,15). The van der Waals surface area contributed by atoms with E-state index in [1.165, 1.54) is 0 Å². The van der Waals surface area contributed by atoms with Crippen LogP contribution < -0.4 is 0 Å². The lowest BCUT2D eigenvalue weighted by molar-refractivity contribution is -0.147. The summed E-state index contributed by atoms with van der Waals surface area (Å²) in [7, 11) is 1.76. The van der Waals surface area contributed by atoms with Crippen molar-refractivity contribution in [3.8, 4) is 0 Å². The lowest BCUT2D eigenvalue weighted by atomic mass is 9.89. The number of hydrogen-bond donors (Lipinski definition) is 1. The summed E-state index contributed by atoms with van der Waals surface area (Å²) >= 11 is 0. The first-order valence-corrected chi connectivity index (χ1v) is 5.94. The zero-order valence-electron chi connectivity index (χ0n) is 10.5. The van der Waals surface area contributed by atoms with E-state index < -0.39 is 11.4 Å². The fourth-order valence-corrected chi connectivity index (χ4v) is 1.91. The Morgan fingerprint density at radius 1 is 1.44 bits per heavy atom. The molecule has 4 nitrogen and oxygen atoms in total. The Morgan fingerprint density at radius 3 is 2.44 bits per heavy atom. The maximum Gasteiger partial charge on any atom is 0.309 e. The molecule has 0 amide bonds. The molecule has 0 aromatic carbocycles. The molecule has 0 atom stereocenters. The first-order chi connectivity index (χ1) is 7.45. The van der Waals surface area contributed by atoms with Gasteiger partial charge in [-0.05, 0) is 39.7 Å². The summed E-state index contributed by atoms with van der Waals surface area (Å²) in [5, 5.41) is 9.01. The number of carbonyl (C=O) groups is 1. The van der Waals surface area contributed by atoms with E-state index in [0.717, 1.165) is 32.5 Å². The van der Waals surface area contributed by atoms with E-state index in [-0.39, 0.29) is 0 Å². The topological polar surface area (TPSA) is 49.8 Å². The SMILES string of the molecule is COC1CCN(CCC(C)(C)C(=O)O)CC1. The predicted molar refractivity (Wildman–Crippen MR) is 62.5 cm³/mol. The highest BCUT2D eigenvalue weighted by Gasteiger charge is 2.28. The van der Waals surface area contributed by atoms with Crippen LogP contribution in [-0.2, 0) is 9.53 Å². The van der Waals surface area contributed by atoms with Gasteiger partial charge in [0.2, 0.25) is 0 Å². The van der Waals surface area contributed by atoms with Crippen molar-refractivity contribution in [3.05, 3.63) is 0 Å². The summed E-state index contributed by atoms with van der Waals surface area (Å²) in [4.78, 5) is 13.3. The predicted octanol–water partition coefficient (Wildman–Crippen LogP) is 1.60. The van der Waals surface area contributed by atoms with Crippen LogP contribution in [0.5, 0.6) is 0 Å². The molecule has 1 fully saturated rings. The largest absolute Gasteiger partial charge is 0.481 e. The molecule has 94 valence electrons. The van der Waals surface area contributed by atoms with Crippen LogP contribution in [0.3, 0.4) is 0 Å². The van der Waals surface area contributed by atoms with Crippen LogP contribution in [0.1, 0.15) is 33.1 Å². The lowest BCUT2D eigenvalue weighted by Gasteiger charge is -2.32. The molecular weight excluding hydrogens is 206 g/mol. The summed E-state index contributed by atoms with van der Waals surface area (Å²) in [6, 6.07) is 0. The zero-order valence-corrected chi connectivity index (χ0v) is 10.5. The summed E-state index contributed by atoms with van der Waals surface area (Å²) < 4.78 is 5.30. The van der Waals surface area contributed by atoms with Crippen LogP contribution in [-0.4, -0.2) is 48.8 Å². The van der Waals surface area contributed by atoms with E-state index >= 15 is 0 Å². The third-order valence-corrected chi connectivity index (χ3v) is 3.50. The van der Waals surface area contributed by atoms with Crippen LogP contribution in [0.4, 0.5) is 0 Å². The molecule has 0 bridgehead atoms. The number of nitrogens with zero attached hydrogens (tertiary/aromatic N) is 1. The van der Waals surface area contributed by atoms with Crippen molar-refractivity contribution in [2.75, 3.05) is 26.7 Å². The smallest absolute Gasteiger partial charge is 0.309 e. The van der Waals surface area contributed by atoms with E-state index in [1.807, 2.05) is 0 Å². The fourth-order valence-electron chi connectivity index (χ4n) is 1.91. The minimum absolute atomic E-state index is 0.392. The van der Waals surface area contributed by atoms with Crippen LogP contribution in [0.2, 0.25) is 0 Å². The number of likely N-dealkylation sites (tertiary alicyclic amines) is 1.